The summed E-state index contributed by atoms with van der Waals surface area (Å²) in [6, 6.07) is 5.55. The van der Waals surface area contributed by atoms with E-state index in [0.717, 1.165) is 18.8 Å². The van der Waals surface area contributed by atoms with Crippen LogP contribution in [0.4, 0.5) is 5.69 Å². The van der Waals surface area contributed by atoms with Gasteiger partial charge in [0.2, 0.25) is 0 Å². The van der Waals surface area contributed by atoms with Gasteiger partial charge in [-0.2, -0.15) is 0 Å². The van der Waals surface area contributed by atoms with Crippen molar-refractivity contribution in [3.05, 3.63) is 28.2 Å². The number of halogens is 1. The zero-order valence-electron chi connectivity index (χ0n) is 10.7. The minimum absolute atomic E-state index is 0.331. The molecule has 18 heavy (non-hydrogen) atoms. The number of benzene rings is 1. The summed E-state index contributed by atoms with van der Waals surface area (Å²) in [6.45, 7) is 6.51. The van der Waals surface area contributed by atoms with E-state index in [9.17, 15) is 4.79 Å². The van der Waals surface area contributed by atoms with Crippen LogP contribution in [0.5, 0.6) is 0 Å². The third-order valence-corrected chi connectivity index (χ3v) is 4.79. The van der Waals surface area contributed by atoms with Crippen LogP contribution in [-0.4, -0.2) is 24.2 Å². The second-order valence-electron chi connectivity index (χ2n) is 5.03. The Kier molecular flexibility index (Phi) is 3.66. The minimum Gasteiger partial charge on any atom is -0.478 e. The van der Waals surface area contributed by atoms with E-state index in [0.29, 0.717) is 15.5 Å². The summed E-state index contributed by atoms with van der Waals surface area (Å²) in [7, 11) is 0. The minimum atomic E-state index is -0.888. The van der Waals surface area contributed by atoms with Crippen LogP contribution in [0.2, 0.25) is 0 Å². The van der Waals surface area contributed by atoms with Gasteiger partial charge in [-0.15, -0.1) is 0 Å². The van der Waals surface area contributed by atoms with Gasteiger partial charge in [-0.1, -0.05) is 13.8 Å². The highest BCUT2D eigenvalue weighted by Gasteiger charge is 2.39. The fourth-order valence-electron chi connectivity index (χ4n) is 2.52. The highest BCUT2D eigenvalue weighted by atomic mass is 79.9. The number of anilines is 1. The van der Waals surface area contributed by atoms with E-state index >= 15 is 0 Å². The normalized spacial score (nSPS) is 17.4. The summed E-state index contributed by atoms with van der Waals surface area (Å²) < 4.78 is 0.636. The van der Waals surface area contributed by atoms with Gasteiger partial charge in [-0.25, -0.2) is 4.79 Å². The highest BCUT2D eigenvalue weighted by Crippen LogP contribution is 2.40. The van der Waals surface area contributed by atoms with Crippen LogP contribution in [-0.2, 0) is 0 Å². The van der Waals surface area contributed by atoms with Crippen LogP contribution < -0.4 is 4.90 Å². The predicted octanol–water partition coefficient (Wildman–Crippen LogP) is 3.77. The molecule has 0 aliphatic carbocycles. The topological polar surface area (TPSA) is 40.5 Å². The summed E-state index contributed by atoms with van der Waals surface area (Å²) in [5.74, 6) is -0.888. The van der Waals surface area contributed by atoms with E-state index < -0.39 is 5.97 Å². The first-order valence-electron chi connectivity index (χ1n) is 6.29. The first-order valence-corrected chi connectivity index (χ1v) is 7.08. The third-order valence-electron chi connectivity index (χ3n) is 4.10. The predicted molar refractivity (Wildman–Crippen MR) is 76.3 cm³/mol. The number of carboxylic acids is 1. The van der Waals surface area contributed by atoms with Gasteiger partial charge in [0.1, 0.15) is 0 Å². The fraction of sp³-hybridized carbons (Fsp3) is 0.500. The van der Waals surface area contributed by atoms with Crippen molar-refractivity contribution in [2.45, 2.75) is 26.7 Å². The highest BCUT2D eigenvalue weighted by molar-refractivity contribution is 9.10. The Morgan fingerprint density at radius 3 is 2.50 bits per heavy atom. The molecule has 1 aromatic rings. The summed E-state index contributed by atoms with van der Waals surface area (Å²) in [5.41, 5.74) is 1.77. The van der Waals surface area contributed by atoms with E-state index in [1.165, 1.54) is 12.8 Å². The number of aromatic carboxylic acids is 1. The lowest BCUT2D eigenvalue weighted by Crippen LogP contribution is -2.55. The zero-order chi connectivity index (χ0) is 13.3. The van der Waals surface area contributed by atoms with Crippen LogP contribution in [0.25, 0.3) is 0 Å². The van der Waals surface area contributed by atoms with Crippen molar-refractivity contribution in [2.24, 2.45) is 5.41 Å². The molecule has 0 unspecified atom stereocenters. The standard InChI is InChI=1S/C14H18BrNO2/c1-3-14(4-2)8-16(9-14)10-5-6-12(15)11(7-10)13(17)18/h5-7H,3-4,8-9H2,1-2H3,(H,17,18). The average molecular weight is 312 g/mol. The Labute approximate surface area is 116 Å². The molecule has 1 aliphatic rings. The summed E-state index contributed by atoms with van der Waals surface area (Å²) in [5, 5.41) is 9.11. The number of rotatable bonds is 4. The molecule has 1 aliphatic heterocycles. The Hall–Kier alpha value is -1.03. The second kappa shape index (κ2) is 4.92. The molecule has 1 aromatic carbocycles. The number of hydrogen-bond acceptors (Lipinski definition) is 2. The molecule has 4 heteroatoms. The summed E-state index contributed by atoms with van der Waals surface area (Å²) in [4.78, 5) is 13.3. The summed E-state index contributed by atoms with van der Waals surface area (Å²) in [6.07, 6.45) is 2.37. The van der Waals surface area contributed by atoms with Crippen molar-refractivity contribution in [1.82, 2.24) is 0 Å². The lowest BCUT2D eigenvalue weighted by Gasteiger charge is -2.51. The SMILES string of the molecule is CCC1(CC)CN(c2ccc(Br)c(C(=O)O)c2)C1. The largest absolute Gasteiger partial charge is 0.478 e. The van der Waals surface area contributed by atoms with Crippen LogP contribution in [0.1, 0.15) is 37.0 Å². The van der Waals surface area contributed by atoms with E-state index in [4.69, 9.17) is 5.11 Å². The molecule has 0 bridgehead atoms. The number of carbonyl (C=O) groups is 1. The molecule has 1 fully saturated rings. The van der Waals surface area contributed by atoms with Crippen molar-refractivity contribution in [2.75, 3.05) is 18.0 Å². The van der Waals surface area contributed by atoms with Crippen LogP contribution in [0.15, 0.2) is 22.7 Å². The fourth-order valence-corrected chi connectivity index (χ4v) is 2.93. The van der Waals surface area contributed by atoms with E-state index in [2.05, 4.69) is 34.7 Å². The molecule has 0 spiro atoms. The molecule has 0 atom stereocenters. The lowest BCUT2D eigenvalue weighted by atomic mass is 9.75. The molecular weight excluding hydrogens is 294 g/mol. The molecule has 0 amide bonds. The van der Waals surface area contributed by atoms with Gasteiger partial charge in [-0.3, -0.25) is 0 Å². The van der Waals surface area contributed by atoms with Gasteiger partial charge in [0.05, 0.1) is 5.56 Å². The maximum atomic E-state index is 11.1. The Morgan fingerprint density at radius 2 is 2.00 bits per heavy atom. The molecule has 1 saturated heterocycles. The number of carboxylic acid groups (broad SMARTS) is 1. The second-order valence-corrected chi connectivity index (χ2v) is 5.89. The Bertz CT molecular complexity index is 461. The van der Waals surface area contributed by atoms with Crippen LogP contribution >= 0.6 is 15.9 Å². The molecule has 3 nitrogen and oxygen atoms in total. The van der Waals surface area contributed by atoms with Crippen LogP contribution in [0, 0.1) is 5.41 Å². The van der Waals surface area contributed by atoms with Crippen molar-refractivity contribution in [1.29, 1.82) is 0 Å². The van der Waals surface area contributed by atoms with Crippen molar-refractivity contribution >= 4 is 27.6 Å². The quantitative estimate of drug-likeness (QED) is 0.920. The average Bonchev–Trinajstić information content (AvgIpc) is 2.30. The zero-order valence-corrected chi connectivity index (χ0v) is 12.3. The van der Waals surface area contributed by atoms with Crippen molar-refractivity contribution < 1.29 is 9.90 Å². The third kappa shape index (κ3) is 2.26. The first kappa shape index (κ1) is 13.4. The van der Waals surface area contributed by atoms with Crippen LogP contribution in [0.3, 0.4) is 0 Å². The number of nitrogens with zero attached hydrogens (tertiary/aromatic N) is 1. The molecule has 98 valence electrons. The molecular formula is C14H18BrNO2. The van der Waals surface area contributed by atoms with Crippen molar-refractivity contribution in [3.63, 3.8) is 0 Å². The van der Waals surface area contributed by atoms with E-state index in [-0.39, 0.29) is 0 Å². The molecule has 1 N–H and O–H groups in total. The van der Waals surface area contributed by atoms with Gasteiger partial charge < -0.3 is 10.0 Å². The van der Waals surface area contributed by atoms with Gasteiger partial charge in [-0.05, 0) is 47.0 Å². The molecule has 0 saturated carbocycles. The Balaban J connectivity index is 2.17. The van der Waals surface area contributed by atoms with Gasteiger partial charge in [0, 0.05) is 28.7 Å². The molecule has 0 aromatic heterocycles. The van der Waals surface area contributed by atoms with Crippen molar-refractivity contribution in [3.8, 4) is 0 Å². The Morgan fingerprint density at radius 1 is 1.39 bits per heavy atom. The molecule has 2 rings (SSSR count). The van der Waals surface area contributed by atoms with Gasteiger partial charge in [0.25, 0.3) is 0 Å². The summed E-state index contributed by atoms with van der Waals surface area (Å²) >= 11 is 3.27. The van der Waals surface area contributed by atoms with E-state index in [1.54, 1.807) is 6.07 Å². The maximum Gasteiger partial charge on any atom is 0.336 e. The maximum absolute atomic E-state index is 11.1. The monoisotopic (exact) mass is 311 g/mol. The molecule has 0 radical (unpaired) electrons. The smallest absolute Gasteiger partial charge is 0.336 e. The first-order chi connectivity index (χ1) is 8.51. The van der Waals surface area contributed by atoms with E-state index in [1.807, 2.05) is 12.1 Å². The molecule has 1 heterocycles. The lowest BCUT2D eigenvalue weighted by molar-refractivity contribution is 0.0696. The van der Waals surface area contributed by atoms with Gasteiger partial charge in [0.15, 0.2) is 0 Å². The number of hydrogen-bond donors (Lipinski definition) is 1. The van der Waals surface area contributed by atoms with Gasteiger partial charge >= 0.3 is 5.97 Å².